The van der Waals surface area contributed by atoms with Gasteiger partial charge in [0.05, 0.1) is 5.75 Å². The minimum Gasteiger partial charge on any atom is -0.212 e. The van der Waals surface area contributed by atoms with Gasteiger partial charge in [-0.3, -0.25) is 0 Å². The van der Waals surface area contributed by atoms with Crippen LogP contribution < -0.4 is 4.72 Å². The molecule has 0 aromatic heterocycles. The summed E-state index contributed by atoms with van der Waals surface area (Å²) in [6.07, 6.45) is 5.30. The van der Waals surface area contributed by atoms with E-state index in [0.717, 1.165) is 12.8 Å². The molecule has 0 aromatic carbocycles. The molecule has 0 amide bonds. The first kappa shape index (κ1) is 13.3. The quantitative estimate of drug-likeness (QED) is 0.737. The monoisotopic (exact) mass is 253 g/mol. The predicted octanol–water partition coefficient (Wildman–Crippen LogP) is 2.11. The molecule has 1 atom stereocenters. The molecule has 5 heteroatoms. The zero-order valence-corrected chi connectivity index (χ0v) is 10.8. The van der Waals surface area contributed by atoms with Gasteiger partial charge in [-0.2, -0.15) is 0 Å². The molecule has 1 saturated carbocycles. The highest BCUT2D eigenvalue weighted by atomic mass is 35.5. The van der Waals surface area contributed by atoms with Gasteiger partial charge in [-0.15, -0.1) is 11.6 Å². The van der Waals surface area contributed by atoms with E-state index >= 15 is 0 Å². The molecule has 1 rings (SSSR count). The van der Waals surface area contributed by atoms with E-state index in [4.69, 9.17) is 11.6 Å². The third-order valence-electron chi connectivity index (χ3n) is 3.02. The van der Waals surface area contributed by atoms with Crippen molar-refractivity contribution in [3.05, 3.63) is 0 Å². The average molecular weight is 254 g/mol. The van der Waals surface area contributed by atoms with Crippen LogP contribution in [0.2, 0.25) is 0 Å². The third kappa shape index (κ3) is 4.70. The number of sulfonamides is 1. The summed E-state index contributed by atoms with van der Waals surface area (Å²) in [6, 6.07) is 0.0767. The molecule has 1 N–H and O–H groups in total. The second-order valence-corrected chi connectivity index (χ2v) is 6.56. The molecule has 0 spiro atoms. The minimum absolute atomic E-state index is 0.0767. The SMILES string of the molecule is CC(NS(=O)(=O)CCCCl)C1CCCC1. The molecule has 3 nitrogen and oxygen atoms in total. The fourth-order valence-corrected chi connectivity index (χ4v) is 3.83. The molecule has 1 aliphatic carbocycles. The van der Waals surface area contributed by atoms with Crippen LogP contribution in [0.3, 0.4) is 0 Å². The van der Waals surface area contributed by atoms with Crippen molar-refractivity contribution in [2.24, 2.45) is 5.92 Å². The van der Waals surface area contributed by atoms with Crippen molar-refractivity contribution in [1.82, 2.24) is 4.72 Å². The molecule has 0 radical (unpaired) electrons. The van der Waals surface area contributed by atoms with Crippen LogP contribution in [-0.4, -0.2) is 26.1 Å². The molecule has 0 aliphatic heterocycles. The molecule has 15 heavy (non-hydrogen) atoms. The largest absolute Gasteiger partial charge is 0.212 e. The number of alkyl halides is 1. The van der Waals surface area contributed by atoms with E-state index in [1.807, 2.05) is 6.92 Å². The van der Waals surface area contributed by atoms with Crippen LogP contribution in [-0.2, 0) is 10.0 Å². The molecule has 1 aliphatic rings. The second kappa shape index (κ2) is 6.06. The van der Waals surface area contributed by atoms with Gasteiger partial charge in [0.15, 0.2) is 0 Å². The summed E-state index contributed by atoms with van der Waals surface area (Å²) in [6.45, 7) is 1.97. The normalized spacial score (nSPS) is 20.7. The lowest BCUT2D eigenvalue weighted by molar-refractivity contribution is 0.424. The van der Waals surface area contributed by atoms with Gasteiger partial charge in [0, 0.05) is 11.9 Å². The van der Waals surface area contributed by atoms with Crippen molar-refractivity contribution in [2.45, 2.75) is 45.1 Å². The van der Waals surface area contributed by atoms with E-state index in [1.54, 1.807) is 0 Å². The molecular weight excluding hydrogens is 234 g/mol. The van der Waals surface area contributed by atoms with Crippen LogP contribution in [0, 0.1) is 5.92 Å². The minimum atomic E-state index is -3.11. The summed E-state index contributed by atoms with van der Waals surface area (Å²) in [7, 11) is -3.11. The Hall–Kier alpha value is 0.200. The van der Waals surface area contributed by atoms with Crippen molar-refractivity contribution in [3.63, 3.8) is 0 Å². The molecule has 90 valence electrons. The van der Waals surface area contributed by atoms with Crippen LogP contribution in [0.5, 0.6) is 0 Å². The molecule has 0 bridgehead atoms. The summed E-state index contributed by atoms with van der Waals surface area (Å²) >= 11 is 5.48. The van der Waals surface area contributed by atoms with E-state index in [-0.39, 0.29) is 11.8 Å². The first-order valence-corrected chi connectivity index (χ1v) is 7.80. The molecule has 1 unspecified atom stereocenters. The zero-order chi connectivity index (χ0) is 11.3. The standard InChI is InChI=1S/C10H20ClNO2S/c1-9(10-5-2-3-6-10)12-15(13,14)8-4-7-11/h9-10,12H,2-8H2,1H3. The maximum atomic E-state index is 11.6. The van der Waals surface area contributed by atoms with Crippen LogP contribution in [0.1, 0.15) is 39.0 Å². The lowest BCUT2D eigenvalue weighted by Gasteiger charge is -2.20. The summed E-state index contributed by atoms with van der Waals surface area (Å²) in [5, 5.41) is 0. The Morgan fingerprint density at radius 1 is 1.40 bits per heavy atom. The Labute approximate surface area is 97.6 Å². The fourth-order valence-electron chi connectivity index (χ4n) is 2.14. The van der Waals surface area contributed by atoms with E-state index in [9.17, 15) is 8.42 Å². The molecular formula is C10H20ClNO2S. The topological polar surface area (TPSA) is 46.2 Å². The zero-order valence-electron chi connectivity index (χ0n) is 9.21. The van der Waals surface area contributed by atoms with Gasteiger partial charge in [-0.05, 0) is 32.1 Å². The Bertz CT molecular complexity index is 273. The number of halogens is 1. The number of nitrogens with one attached hydrogen (secondary N) is 1. The Balaban J connectivity index is 2.38. The third-order valence-corrected chi connectivity index (χ3v) is 4.84. The van der Waals surface area contributed by atoms with Crippen molar-refractivity contribution < 1.29 is 8.42 Å². The van der Waals surface area contributed by atoms with Crippen LogP contribution in [0.15, 0.2) is 0 Å². The van der Waals surface area contributed by atoms with E-state index in [1.165, 1.54) is 12.8 Å². The molecule has 0 saturated heterocycles. The van der Waals surface area contributed by atoms with E-state index < -0.39 is 10.0 Å². The molecule has 0 aromatic rings. The molecule has 1 fully saturated rings. The predicted molar refractivity (Wildman–Crippen MR) is 63.7 cm³/mol. The van der Waals surface area contributed by atoms with Crippen molar-refractivity contribution in [1.29, 1.82) is 0 Å². The fraction of sp³-hybridized carbons (Fsp3) is 1.00. The highest BCUT2D eigenvalue weighted by Gasteiger charge is 2.24. The molecule has 0 heterocycles. The number of hydrogen-bond acceptors (Lipinski definition) is 2. The highest BCUT2D eigenvalue weighted by Crippen LogP contribution is 2.27. The lowest BCUT2D eigenvalue weighted by atomic mass is 10.0. The lowest BCUT2D eigenvalue weighted by Crippen LogP contribution is -2.38. The van der Waals surface area contributed by atoms with Gasteiger partial charge >= 0.3 is 0 Å². The highest BCUT2D eigenvalue weighted by molar-refractivity contribution is 7.89. The first-order valence-electron chi connectivity index (χ1n) is 5.61. The van der Waals surface area contributed by atoms with E-state index in [2.05, 4.69) is 4.72 Å². The summed E-state index contributed by atoms with van der Waals surface area (Å²) in [5.74, 6) is 1.07. The second-order valence-electron chi connectivity index (χ2n) is 4.31. The number of hydrogen-bond donors (Lipinski definition) is 1. The summed E-state index contributed by atoms with van der Waals surface area (Å²) < 4.78 is 25.9. The Kier molecular flexibility index (Phi) is 5.36. The van der Waals surface area contributed by atoms with Crippen molar-refractivity contribution >= 4 is 21.6 Å². The van der Waals surface area contributed by atoms with Crippen LogP contribution >= 0.6 is 11.6 Å². The first-order chi connectivity index (χ1) is 7.05. The van der Waals surface area contributed by atoms with Crippen LogP contribution in [0.25, 0.3) is 0 Å². The van der Waals surface area contributed by atoms with Gasteiger partial charge in [0.2, 0.25) is 10.0 Å². The van der Waals surface area contributed by atoms with Gasteiger partial charge < -0.3 is 0 Å². The van der Waals surface area contributed by atoms with Gasteiger partial charge in [0.25, 0.3) is 0 Å². The summed E-state index contributed by atoms with van der Waals surface area (Å²) in [5.41, 5.74) is 0. The van der Waals surface area contributed by atoms with Crippen molar-refractivity contribution in [3.8, 4) is 0 Å². The summed E-state index contributed by atoms with van der Waals surface area (Å²) in [4.78, 5) is 0. The van der Waals surface area contributed by atoms with Gasteiger partial charge in [0.1, 0.15) is 0 Å². The smallest absolute Gasteiger partial charge is 0.211 e. The number of rotatable bonds is 6. The average Bonchev–Trinajstić information content (AvgIpc) is 2.67. The maximum Gasteiger partial charge on any atom is 0.211 e. The van der Waals surface area contributed by atoms with Crippen LogP contribution in [0.4, 0.5) is 0 Å². The maximum absolute atomic E-state index is 11.6. The van der Waals surface area contributed by atoms with Crippen molar-refractivity contribution in [2.75, 3.05) is 11.6 Å². The van der Waals surface area contributed by atoms with Gasteiger partial charge in [-0.25, -0.2) is 13.1 Å². The van der Waals surface area contributed by atoms with E-state index in [0.29, 0.717) is 18.2 Å². The van der Waals surface area contributed by atoms with Gasteiger partial charge in [-0.1, -0.05) is 12.8 Å². The Morgan fingerprint density at radius 3 is 2.53 bits per heavy atom. The Morgan fingerprint density at radius 2 is 2.00 bits per heavy atom.